The van der Waals surface area contributed by atoms with Crippen molar-refractivity contribution >= 4 is 17.6 Å². The molecule has 168 valence electrons. The second kappa shape index (κ2) is 10.7. The number of carbonyl (C=O) groups excluding carboxylic acids is 1. The van der Waals surface area contributed by atoms with Gasteiger partial charge in [-0.3, -0.25) is 4.79 Å². The maximum Gasteiger partial charge on any atom is 0.314 e. The van der Waals surface area contributed by atoms with Gasteiger partial charge in [0, 0.05) is 16.6 Å². The SMILES string of the molecule is CC(CO)(C[C@H](N)Cc1ccc(-c2cc(Cl)ccc2F)cc1)C(=O)OCc1ccccc1. The van der Waals surface area contributed by atoms with Gasteiger partial charge in [0.25, 0.3) is 0 Å². The minimum atomic E-state index is -1.10. The van der Waals surface area contributed by atoms with Gasteiger partial charge in [0.05, 0.1) is 12.0 Å². The molecule has 0 aromatic heterocycles. The minimum absolute atomic E-state index is 0.145. The normalized spacial score (nSPS) is 13.9. The molecule has 1 unspecified atom stereocenters. The van der Waals surface area contributed by atoms with Gasteiger partial charge in [-0.2, -0.15) is 0 Å². The molecule has 6 heteroatoms. The van der Waals surface area contributed by atoms with Crippen molar-refractivity contribution in [1.29, 1.82) is 0 Å². The first-order valence-electron chi connectivity index (χ1n) is 10.4. The van der Waals surface area contributed by atoms with Crippen LogP contribution in [-0.4, -0.2) is 23.7 Å². The number of hydrogen-bond acceptors (Lipinski definition) is 4. The average Bonchev–Trinajstić information content (AvgIpc) is 2.80. The lowest BCUT2D eigenvalue weighted by molar-refractivity contribution is -0.159. The maximum atomic E-state index is 14.1. The molecule has 3 aromatic carbocycles. The Kier molecular flexibility index (Phi) is 8.02. The molecule has 0 aliphatic heterocycles. The van der Waals surface area contributed by atoms with Crippen LogP contribution in [0.4, 0.5) is 4.39 Å². The van der Waals surface area contributed by atoms with Crippen LogP contribution in [0.1, 0.15) is 24.5 Å². The first kappa shape index (κ1) is 23.9. The predicted molar refractivity (Wildman–Crippen MR) is 125 cm³/mol. The summed E-state index contributed by atoms with van der Waals surface area (Å²) in [6, 6.07) is 20.8. The van der Waals surface area contributed by atoms with E-state index in [9.17, 15) is 14.3 Å². The third-order valence-electron chi connectivity index (χ3n) is 5.46. The first-order chi connectivity index (χ1) is 15.3. The molecule has 3 aromatic rings. The maximum absolute atomic E-state index is 14.1. The molecule has 2 atom stereocenters. The molecule has 0 aliphatic carbocycles. The number of hydrogen-bond donors (Lipinski definition) is 2. The molecule has 0 fully saturated rings. The lowest BCUT2D eigenvalue weighted by Crippen LogP contribution is -2.40. The predicted octanol–water partition coefficient (Wildman–Crippen LogP) is 5.15. The number of esters is 1. The Bertz CT molecular complexity index is 1040. The number of rotatable bonds is 9. The van der Waals surface area contributed by atoms with Crippen LogP contribution in [0.25, 0.3) is 11.1 Å². The highest BCUT2D eigenvalue weighted by molar-refractivity contribution is 6.30. The Labute approximate surface area is 192 Å². The zero-order valence-electron chi connectivity index (χ0n) is 17.9. The summed E-state index contributed by atoms with van der Waals surface area (Å²) in [5, 5.41) is 10.3. The van der Waals surface area contributed by atoms with Gasteiger partial charge in [-0.15, -0.1) is 0 Å². The molecule has 3 N–H and O–H groups in total. The van der Waals surface area contributed by atoms with Gasteiger partial charge in [0.1, 0.15) is 12.4 Å². The fraction of sp³-hybridized carbons (Fsp3) is 0.269. The van der Waals surface area contributed by atoms with E-state index in [1.807, 2.05) is 54.6 Å². The van der Waals surface area contributed by atoms with E-state index in [2.05, 4.69) is 0 Å². The second-order valence-electron chi connectivity index (χ2n) is 8.27. The summed E-state index contributed by atoms with van der Waals surface area (Å²) in [7, 11) is 0. The van der Waals surface area contributed by atoms with E-state index in [4.69, 9.17) is 22.1 Å². The highest BCUT2D eigenvalue weighted by Gasteiger charge is 2.36. The fourth-order valence-corrected chi connectivity index (χ4v) is 3.77. The third-order valence-corrected chi connectivity index (χ3v) is 5.69. The van der Waals surface area contributed by atoms with Crippen molar-refractivity contribution in [1.82, 2.24) is 0 Å². The largest absolute Gasteiger partial charge is 0.460 e. The van der Waals surface area contributed by atoms with Crippen molar-refractivity contribution in [3.63, 3.8) is 0 Å². The van der Waals surface area contributed by atoms with Gasteiger partial charge in [-0.1, -0.05) is 66.2 Å². The van der Waals surface area contributed by atoms with Crippen LogP contribution >= 0.6 is 11.6 Å². The van der Waals surface area contributed by atoms with Crippen LogP contribution in [0.2, 0.25) is 5.02 Å². The van der Waals surface area contributed by atoms with E-state index in [0.717, 1.165) is 11.1 Å². The van der Waals surface area contributed by atoms with E-state index >= 15 is 0 Å². The number of benzene rings is 3. The fourth-order valence-electron chi connectivity index (χ4n) is 3.60. The van der Waals surface area contributed by atoms with Gasteiger partial charge in [0.15, 0.2) is 0 Å². The summed E-state index contributed by atoms with van der Waals surface area (Å²) < 4.78 is 19.5. The Morgan fingerprint density at radius 1 is 1.09 bits per heavy atom. The van der Waals surface area contributed by atoms with Crippen molar-refractivity contribution in [2.24, 2.45) is 11.1 Å². The Hall–Kier alpha value is -2.73. The van der Waals surface area contributed by atoms with Crippen LogP contribution in [0.15, 0.2) is 72.8 Å². The molecule has 0 saturated heterocycles. The zero-order chi connectivity index (χ0) is 23.1. The van der Waals surface area contributed by atoms with Crippen molar-refractivity contribution in [2.75, 3.05) is 6.61 Å². The summed E-state index contributed by atoms with van der Waals surface area (Å²) in [5.74, 6) is -0.822. The van der Waals surface area contributed by atoms with Gasteiger partial charge in [-0.05, 0) is 54.7 Å². The van der Waals surface area contributed by atoms with Crippen molar-refractivity contribution in [3.05, 3.63) is 94.8 Å². The van der Waals surface area contributed by atoms with E-state index in [1.54, 1.807) is 13.0 Å². The number of nitrogens with two attached hydrogens (primary N) is 1. The molecule has 32 heavy (non-hydrogen) atoms. The van der Waals surface area contributed by atoms with Crippen molar-refractivity contribution in [2.45, 2.75) is 32.4 Å². The van der Waals surface area contributed by atoms with Gasteiger partial charge >= 0.3 is 5.97 Å². The number of ether oxygens (including phenoxy) is 1. The lowest BCUT2D eigenvalue weighted by Gasteiger charge is -2.28. The quantitative estimate of drug-likeness (QED) is 0.438. The first-order valence-corrected chi connectivity index (χ1v) is 10.8. The molecule has 4 nitrogen and oxygen atoms in total. The van der Waals surface area contributed by atoms with Crippen LogP contribution < -0.4 is 5.73 Å². The highest BCUT2D eigenvalue weighted by Crippen LogP contribution is 2.28. The Morgan fingerprint density at radius 3 is 2.44 bits per heavy atom. The van der Waals surface area contributed by atoms with Gasteiger partial charge in [0.2, 0.25) is 0 Å². The van der Waals surface area contributed by atoms with Crippen molar-refractivity contribution < 1.29 is 19.0 Å². The average molecular weight is 456 g/mol. The third kappa shape index (κ3) is 6.16. The molecule has 0 heterocycles. The van der Waals surface area contributed by atoms with E-state index in [-0.39, 0.29) is 31.5 Å². The molecule has 0 spiro atoms. The molecule has 0 bridgehead atoms. The topological polar surface area (TPSA) is 72.5 Å². The van der Waals surface area contributed by atoms with E-state index in [0.29, 0.717) is 22.6 Å². The zero-order valence-corrected chi connectivity index (χ0v) is 18.7. The molecular weight excluding hydrogens is 429 g/mol. The smallest absolute Gasteiger partial charge is 0.314 e. The summed E-state index contributed by atoms with van der Waals surface area (Å²) in [6.07, 6.45) is 0.766. The second-order valence-corrected chi connectivity index (χ2v) is 8.71. The van der Waals surface area contributed by atoms with E-state index < -0.39 is 11.4 Å². The number of carbonyl (C=O) groups is 1. The molecular formula is C26H27ClFNO3. The number of aliphatic hydroxyl groups is 1. The van der Waals surface area contributed by atoms with Gasteiger partial charge < -0.3 is 15.6 Å². The van der Waals surface area contributed by atoms with Crippen molar-refractivity contribution in [3.8, 4) is 11.1 Å². The number of halogens is 2. The number of aliphatic hydroxyl groups excluding tert-OH is 1. The summed E-state index contributed by atoms with van der Waals surface area (Å²) in [5.41, 5.74) is 8.18. The summed E-state index contributed by atoms with van der Waals surface area (Å²) in [6.45, 7) is 1.44. The molecule has 0 aliphatic rings. The monoisotopic (exact) mass is 455 g/mol. The van der Waals surface area contributed by atoms with Crippen LogP contribution in [0, 0.1) is 11.2 Å². The standard InChI is InChI=1S/C26H27ClFNO3/c1-26(17-30,25(31)32-16-19-5-3-2-4-6-19)15-22(29)13-18-7-9-20(10-8-18)23-14-21(27)11-12-24(23)28/h2-12,14,22,30H,13,15-17,29H2,1H3/t22-,26?/m1/s1. The Balaban J connectivity index is 1.61. The minimum Gasteiger partial charge on any atom is -0.460 e. The molecule has 3 rings (SSSR count). The highest BCUT2D eigenvalue weighted by atomic mass is 35.5. The molecule has 0 saturated carbocycles. The lowest BCUT2D eigenvalue weighted by atomic mass is 9.83. The van der Waals surface area contributed by atoms with Crippen LogP contribution in [-0.2, 0) is 22.6 Å². The van der Waals surface area contributed by atoms with Crippen LogP contribution in [0.5, 0.6) is 0 Å². The molecule has 0 radical (unpaired) electrons. The Morgan fingerprint density at radius 2 is 1.78 bits per heavy atom. The summed E-state index contributed by atoms with van der Waals surface area (Å²) >= 11 is 5.98. The molecule has 0 amide bonds. The van der Waals surface area contributed by atoms with E-state index in [1.165, 1.54) is 12.1 Å². The van der Waals surface area contributed by atoms with Crippen LogP contribution in [0.3, 0.4) is 0 Å². The summed E-state index contributed by atoms with van der Waals surface area (Å²) in [4.78, 5) is 12.6. The van der Waals surface area contributed by atoms with Gasteiger partial charge in [-0.25, -0.2) is 4.39 Å².